The van der Waals surface area contributed by atoms with E-state index in [2.05, 4.69) is 15.4 Å². The number of aromatic nitrogens is 3. The molecule has 0 fully saturated rings. The number of nitrogens with one attached hydrogen (secondary N) is 2. The molecule has 0 spiro atoms. The van der Waals surface area contributed by atoms with E-state index in [1.165, 1.54) is 6.92 Å². The van der Waals surface area contributed by atoms with Crippen LogP contribution in [0.3, 0.4) is 0 Å². The molecular weight excluding hydrogens is 376 g/mol. The van der Waals surface area contributed by atoms with E-state index in [1.807, 2.05) is 32.2 Å². The molecule has 0 aliphatic rings. The molecule has 0 unspecified atom stereocenters. The molecule has 2 N–H and O–H groups in total. The molecule has 0 radical (unpaired) electrons. The quantitative estimate of drug-likeness (QED) is 0.584. The highest BCUT2D eigenvalue weighted by Gasteiger charge is 2.22. The van der Waals surface area contributed by atoms with Gasteiger partial charge in [-0.05, 0) is 50.1 Å². The van der Waals surface area contributed by atoms with Crippen LogP contribution in [0.1, 0.15) is 57.9 Å². The molecule has 0 aliphatic heterocycles. The summed E-state index contributed by atoms with van der Waals surface area (Å²) < 4.78 is 1.73. The van der Waals surface area contributed by atoms with Crippen LogP contribution in [0.15, 0.2) is 36.7 Å². The molecule has 0 aliphatic carbocycles. The summed E-state index contributed by atoms with van der Waals surface area (Å²) in [5.74, 6) is -0.251. The number of Topliss-reactive ketones (excluding diaryl/α,β-unsaturated/α-hetero) is 1. The number of ketones is 1. The van der Waals surface area contributed by atoms with Crippen molar-refractivity contribution in [2.75, 3.05) is 0 Å². The van der Waals surface area contributed by atoms with Gasteiger partial charge < -0.3 is 10.3 Å². The minimum absolute atomic E-state index is 0.0273. The average Bonchev–Trinajstić information content (AvgIpc) is 3.25. The summed E-state index contributed by atoms with van der Waals surface area (Å²) in [7, 11) is 0. The average molecular weight is 399 g/mol. The number of H-pyrrole nitrogens is 1. The van der Waals surface area contributed by atoms with E-state index in [9.17, 15) is 9.59 Å². The molecule has 3 rings (SSSR count). The Kier molecular flexibility index (Phi) is 5.99. The summed E-state index contributed by atoms with van der Waals surface area (Å²) in [6.07, 6.45) is 5.10. The molecule has 2 heterocycles. The maximum atomic E-state index is 12.7. The van der Waals surface area contributed by atoms with Crippen molar-refractivity contribution in [2.24, 2.45) is 0 Å². The van der Waals surface area contributed by atoms with Crippen LogP contribution in [-0.4, -0.2) is 26.5 Å². The zero-order chi connectivity index (χ0) is 20.3. The molecule has 0 atom stereocenters. The first-order valence-corrected chi connectivity index (χ1v) is 9.58. The van der Waals surface area contributed by atoms with Gasteiger partial charge in [-0.1, -0.05) is 24.9 Å². The molecule has 2 aromatic heterocycles. The lowest BCUT2D eigenvalue weighted by molar-refractivity contribution is 0.0945. The van der Waals surface area contributed by atoms with E-state index < -0.39 is 0 Å². The van der Waals surface area contributed by atoms with Gasteiger partial charge in [0.25, 0.3) is 5.91 Å². The van der Waals surface area contributed by atoms with Gasteiger partial charge in [-0.3, -0.25) is 9.59 Å². The molecule has 146 valence electrons. The van der Waals surface area contributed by atoms with Crippen LogP contribution in [0.2, 0.25) is 5.02 Å². The number of nitrogens with zero attached hydrogens (tertiary/aromatic N) is 2. The van der Waals surface area contributed by atoms with Crippen LogP contribution < -0.4 is 5.32 Å². The maximum Gasteiger partial charge on any atom is 0.268 e. The molecule has 1 aromatic carbocycles. The Morgan fingerprint density at radius 3 is 2.61 bits per heavy atom. The number of carbonyl (C=O) groups excluding carboxylic acids is 2. The number of hydrogen-bond donors (Lipinski definition) is 2. The van der Waals surface area contributed by atoms with Crippen LogP contribution in [0.4, 0.5) is 0 Å². The first kappa shape index (κ1) is 19.9. The lowest BCUT2D eigenvalue weighted by Gasteiger charge is -2.06. The summed E-state index contributed by atoms with van der Waals surface area (Å²) in [4.78, 5) is 27.8. The molecule has 28 heavy (non-hydrogen) atoms. The second-order valence-corrected chi connectivity index (χ2v) is 7.17. The Balaban J connectivity index is 1.73. The lowest BCUT2D eigenvalue weighted by atomic mass is 10.0. The van der Waals surface area contributed by atoms with E-state index >= 15 is 0 Å². The summed E-state index contributed by atoms with van der Waals surface area (Å²) >= 11 is 5.91. The van der Waals surface area contributed by atoms with Gasteiger partial charge in [0.1, 0.15) is 5.69 Å². The highest BCUT2D eigenvalue weighted by Crippen LogP contribution is 2.21. The predicted octanol–water partition coefficient (Wildman–Crippen LogP) is 4.25. The van der Waals surface area contributed by atoms with Gasteiger partial charge in [0.15, 0.2) is 5.78 Å². The van der Waals surface area contributed by atoms with Crippen molar-refractivity contribution in [3.63, 3.8) is 0 Å². The van der Waals surface area contributed by atoms with Crippen molar-refractivity contribution in [3.05, 3.63) is 69.8 Å². The number of halogens is 1. The minimum atomic E-state index is -0.224. The molecule has 0 saturated carbocycles. The predicted molar refractivity (Wildman–Crippen MR) is 109 cm³/mol. The van der Waals surface area contributed by atoms with E-state index in [0.29, 0.717) is 29.2 Å². The van der Waals surface area contributed by atoms with Gasteiger partial charge in [0.05, 0.1) is 11.9 Å². The van der Waals surface area contributed by atoms with Crippen molar-refractivity contribution < 1.29 is 9.59 Å². The second-order valence-electron chi connectivity index (χ2n) is 6.74. The molecule has 7 heteroatoms. The number of hydrogen-bond acceptors (Lipinski definition) is 3. The Morgan fingerprint density at radius 1 is 1.25 bits per heavy atom. The maximum absolute atomic E-state index is 12.7. The molecule has 0 bridgehead atoms. The van der Waals surface area contributed by atoms with Crippen molar-refractivity contribution >= 4 is 23.3 Å². The number of rotatable bonds is 7. The van der Waals surface area contributed by atoms with Gasteiger partial charge in [0.2, 0.25) is 0 Å². The standard InChI is InChI=1S/C21H23ClN4O2/c1-4-5-18-19(14(3)27)13(2)25-20(18)21(28)23-10-15-11-24-26(12-15)17-8-6-16(22)7-9-17/h6-9,11-12,25H,4-5,10H2,1-3H3,(H,23,28). The summed E-state index contributed by atoms with van der Waals surface area (Å²) in [5, 5.41) is 7.90. The Morgan fingerprint density at radius 2 is 1.96 bits per heavy atom. The number of amides is 1. The lowest BCUT2D eigenvalue weighted by Crippen LogP contribution is -2.24. The summed E-state index contributed by atoms with van der Waals surface area (Å²) in [6, 6.07) is 7.35. The molecular formula is C21H23ClN4O2. The largest absolute Gasteiger partial charge is 0.354 e. The Bertz CT molecular complexity index is 1000. The van der Waals surface area contributed by atoms with Crippen LogP contribution in [0, 0.1) is 6.92 Å². The molecule has 1 amide bonds. The first-order chi connectivity index (χ1) is 13.4. The summed E-state index contributed by atoms with van der Waals surface area (Å²) in [6.45, 7) is 5.72. The van der Waals surface area contributed by atoms with Crippen LogP contribution in [0.25, 0.3) is 5.69 Å². The number of carbonyl (C=O) groups is 2. The van der Waals surface area contributed by atoms with Crippen LogP contribution in [0.5, 0.6) is 0 Å². The topological polar surface area (TPSA) is 79.8 Å². The fourth-order valence-electron chi connectivity index (χ4n) is 3.30. The number of aromatic amines is 1. The second kappa shape index (κ2) is 8.44. The Labute approximate surface area is 168 Å². The number of benzene rings is 1. The fourth-order valence-corrected chi connectivity index (χ4v) is 3.43. The highest BCUT2D eigenvalue weighted by molar-refractivity contribution is 6.30. The smallest absolute Gasteiger partial charge is 0.268 e. The van der Waals surface area contributed by atoms with Crippen molar-refractivity contribution in [1.29, 1.82) is 0 Å². The zero-order valence-electron chi connectivity index (χ0n) is 16.2. The molecule has 3 aromatic rings. The SMILES string of the molecule is CCCc1c(C(=O)NCc2cnn(-c3ccc(Cl)cc3)c2)[nH]c(C)c1C(C)=O. The van der Waals surface area contributed by atoms with E-state index in [-0.39, 0.29) is 11.7 Å². The van der Waals surface area contributed by atoms with Gasteiger partial charge in [0, 0.05) is 34.6 Å². The van der Waals surface area contributed by atoms with E-state index in [1.54, 1.807) is 23.0 Å². The first-order valence-electron chi connectivity index (χ1n) is 9.20. The van der Waals surface area contributed by atoms with Crippen molar-refractivity contribution in [2.45, 2.75) is 40.2 Å². The van der Waals surface area contributed by atoms with Gasteiger partial charge in [-0.25, -0.2) is 4.68 Å². The van der Waals surface area contributed by atoms with Gasteiger partial charge >= 0.3 is 0 Å². The molecule has 6 nitrogen and oxygen atoms in total. The van der Waals surface area contributed by atoms with Crippen molar-refractivity contribution in [1.82, 2.24) is 20.1 Å². The summed E-state index contributed by atoms with van der Waals surface area (Å²) in [5.41, 5.74) is 4.38. The third kappa shape index (κ3) is 4.17. The molecule has 0 saturated heterocycles. The minimum Gasteiger partial charge on any atom is -0.354 e. The van der Waals surface area contributed by atoms with Crippen molar-refractivity contribution in [3.8, 4) is 5.69 Å². The van der Waals surface area contributed by atoms with Crippen LogP contribution in [-0.2, 0) is 13.0 Å². The van der Waals surface area contributed by atoms with E-state index in [4.69, 9.17) is 11.6 Å². The normalized spacial score (nSPS) is 10.9. The van der Waals surface area contributed by atoms with Crippen LogP contribution >= 0.6 is 11.6 Å². The monoisotopic (exact) mass is 398 g/mol. The third-order valence-corrected chi connectivity index (χ3v) is 4.80. The fraction of sp³-hybridized carbons (Fsp3) is 0.286. The van der Waals surface area contributed by atoms with E-state index in [0.717, 1.165) is 28.9 Å². The highest BCUT2D eigenvalue weighted by atomic mass is 35.5. The van der Waals surface area contributed by atoms with Gasteiger partial charge in [-0.15, -0.1) is 0 Å². The zero-order valence-corrected chi connectivity index (χ0v) is 16.9. The van der Waals surface area contributed by atoms with Gasteiger partial charge in [-0.2, -0.15) is 5.10 Å². The Hall–Kier alpha value is -2.86. The third-order valence-electron chi connectivity index (χ3n) is 4.55. The number of aryl methyl sites for hydroxylation is 1.